The van der Waals surface area contributed by atoms with Gasteiger partial charge in [-0.1, -0.05) is 13.0 Å². The Kier molecular flexibility index (Phi) is 4.32. The maximum atomic E-state index is 11.4. The van der Waals surface area contributed by atoms with Crippen LogP contribution in [0.4, 0.5) is 0 Å². The van der Waals surface area contributed by atoms with Gasteiger partial charge < -0.3 is 14.8 Å². The first-order chi connectivity index (χ1) is 9.92. The van der Waals surface area contributed by atoms with Gasteiger partial charge in [0.15, 0.2) is 0 Å². The van der Waals surface area contributed by atoms with Crippen molar-refractivity contribution in [1.82, 2.24) is 9.55 Å². The molecule has 2 aromatic rings. The molecule has 5 heteroatoms. The van der Waals surface area contributed by atoms with Gasteiger partial charge >= 0.3 is 5.97 Å². The zero-order valence-electron chi connectivity index (χ0n) is 12.8. The van der Waals surface area contributed by atoms with Crippen molar-refractivity contribution in [3.05, 3.63) is 29.6 Å². The lowest BCUT2D eigenvalue weighted by Crippen LogP contribution is -2.29. The van der Waals surface area contributed by atoms with Gasteiger partial charge in [0.2, 0.25) is 0 Å². The summed E-state index contributed by atoms with van der Waals surface area (Å²) in [7, 11) is 0. The maximum Gasteiger partial charge on any atom is 0.337 e. The Bertz CT molecular complexity index is 659. The standard InChI is InChI=1S/C16H22N2O3/c1-4-6-13-17-14-11(15(20)21)7-5-8-12(14)18(13)16(2,3)9-10-19/h5,7-8,19H,4,6,9-10H2,1-3H3,(H,20,21). The average molecular weight is 290 g/mol. The average Bonchev–Trinajstić information content (AvgIpc) is 2.77. The molecule has 0 spiro atoms. The lowest BCUT2D eigenvalue weighted by molar-refractivity contribution is 0.0699. The van der Waals surface area contributed by atoms with Gasteiger partial charge in [-0.15, -0.1) is 0 Å². The van der Waals surface area contributed by atoms with Crippen molar-refractivity contribution >= 4 is 17.0 Å². The van der Waals surface area contributed by atoms with Crippen LogP contribution >= 0.6 is 0 Å². The number of carboxylic acid groups (broad SMARTS) is 1. The highest BCUT2D eigenvalue weighted by molar-refractivity contribution is 6.01. The van der Waals surface area contributed by atoms with Crippen molar-refractivity contribution in [2.24, 2.45) is 0 Å². The second-order valence-corrected chi connectivity index (χ2v) is 5.88. The summed E-state index contributed by atoms with van der Waals surface area (Å²) in [5, 5.41) is 18.6. The van der Waals surface area contributed by atoms with E-state index in [1.807, 2.05) is 19.9 Å². The minimum absolute atomic E-state index is 0.0802. The molecule has 0 amide bonds. The van der Waals surface area contributed by atoms with Crippen molar-refractivity contribution in [2.75, 3.05) is 6.61 Å². The number of para-hydroxylation sites is 1. The van der Waals surface area contributed by atoms with Gasteiger partial charge in [-0.2, -0.15) is 0 Å². The fraction of sp³-hybridized carbons (Fsp3) is 0.500. The Morgan fingerprint density at radius 2 is 2.10 bits per heavy atom. The highest BCUT2D eigenvalue weighted by Crippen LogP contribution is 2.30. The molecule has 0 aliphatic rings. The number of aryl methyl sites for hydroxylation is 1. The fourth-order valence-corrected chi connectivity index (χ4v) is 2.77. The molecule has 2 N–H and O–H groups in total. The topological polar surface area (TPSA) is 75.3 Å². The predicted molar refractivity (Wildman–Crippen MR) is 81.7 cm³/mol. The van der Waals surface area contributed by atoms with E-state index in [-0.39, 0.29) is 17.7 Å². The van der Waals surface area contributed by atoms with E-state index in [1.165, 1.54) is 0 Å². The van der Waals surface area contributed by atoms with Crippen molar-refractivity contribution in [3.8, 4) is 0 Å². The number of fused-ring (bicyclic) bond motifs is 1. The molecule has 21 heavy (non-hydrogen) atoms. The van der Waals surface area contributed by atoms with Crippen LogP contribution in [0, 0.1) is 0 Å². The van der Waals surface area contributed by atoms with Gasteiger partial charge in [-0.25, -0.2) is 9.78 Å². The maximum absolute atomic E-state index is 11.4. The molecule has 1 heterocycles. The van der Waals surface area contributed by atoms with Crippen molar-refractivity contribution < 1.29 is 15.0 Å². The molecule has 0 atom stereocenters. The van der Waals surface area contributed by atoms with Crippen molar-refractivity contribution in [1.29, 1.82) is 0 Å². The molecule has 0 fully saturated rings. The number of aromatic nitrogens is 2. The van der Waals surface area contributed by atoms with Gasteiger partial charge in [0, 0.05) is 18.6 Å². The molecular formula is C16H22N2O3. The summed E-state index contributed by atoms with van der Waals surface area (Å²) < 4.78 is 2.08. The Hall–Kier alpha value is -1.88. The normalized spacial score (nSPS) is 12.0. The quantitative estimate of drug-likeness (QED) is 0.857. The van der Waals surface area contributed by atoms with E-state index >= 15 is 0 Å². The van der Waals surface area contributed by atoms with Crippen LogP contribution in [0.2, 0.25) is 0 Å². The summed E-state index contributed by atoms with van der Waals surface area (Å²) in [5.41, 5.74) is 1.25. The van der Waals surface area contributed by atoms with Crippen LogP contribution < -0.4 is 0 Å². The third-order valence-electron chi connectivity index (χ3n) is 3.79. The smallest absolute Gasteiger partial charge is 0.337 e. The molecule has 0 unspecified atom stereocenters. The van der Waals surface area contributed by atoms with Gasteiger partial charge in [0.05, 0.1) is 11.1 Å². The van der Waals surface area contributed by atoms with E-state index in [1.54, 1.807) is 12.1 Å². The number of carboxylic acids is 1. The van der Waals surface area contributed by atoms with Crippen LogP contribution in [-0.4, -0.2) is 32.3 Å². The number of aliphatic hydroxyl groups is 1. The van der Waals surface area contributed by atoms with E-state index in [2.05, 4.69) is 16.5 Å². The lowest BCUT2D eigenvalue weighted by Gasteiger charge is -2.29. The third-order valence-corrected chi connectivity index (χ3v) is 3.79. The molecule has 0 bridgehead atoms. The first-order valence-corrected chi connectivity index (χ1v) is 7.27. The number of aliphatic hydroxyl groups excluding tert-OH is 1. The molecule has 5 nitrogen and oxygen atoms in total. The number of benzene rings is 1. The Morgan fingerprint density at radius 1 is 1.38 bits per heavy atom. The monoisotopic (exact) mass is 290 g/mol. The summed E-state index contributed by atoms with van der Waals surface area (Å²) in [6.07, 6.45) is 2.30. The summed E-state index contributed by atoms with van der Waals surface area (Å²) in [6.45, 7) is 6.23. The minimum Gasteiger partial charge on any atom is -0.478 e. The highest BCUT2D eigenvalue weighted by Gasteiger charge is 2.26. The van der Waals surface area contributed by atoms with Crippen LogP contribution in [0.5, 0.6) is 0 Å². The molecule has 114 valence electrons. The first-order valence-electron chi connectivity index (χ1n) is 7.27. The highest BCUT2D eigenvalue weighted by atomic mass is 16.4. The van der Waals surface area contributed by atoms with E-state index in [0.717, 1.165) is 24.2 Å². The minimum atomic E-state index is -0.965. The summed E-state index contributed by atoms with van der Waals surface area (Å²) in [6, 6.07) is 5.22. The van der Waals surface area contributed by atoms with Gasteiger partial charge in [-0.3, -0.25) is 0 Å². The van der Waals surface area contributed by atoms with E-state index in [4.69, 9.17) is 0 Å². The number of imidazole rings is 1. The largest absolute Gasteiger partial charge is 0.478 e. The number of hydrogen-bond acceptors (Lipinski definition) is 3. The Morgan fingerprint density at radius 3 is 2.67 bits per heavy atom. The van der Waals surface area contributed by atoms with Gasteiger partial charge in [-0.05, 0) is 38.8 Å². The number of aromatic carboxylic acids is 1. The predicted octanol–water partition coefficient (Wildman–Crippen LogP) is 2.80. The number of carbonyl (C=O) groups is 1. The van der Waals surface area contributed by atoms with Crippen LogP contribution in [0.15, 0.2) is 18.2 Å². The van der Waals surface area contributed by atoms with Gasteiger partial charge in [0.25, 0.3) is 0 Å². The Balaban J connectivity index is 2.75. The zero-order valence-corrected chi connectivity index (χ0v) is 12.8. The molecule has 0 aliphatic carbocycles. The van der Waals surface area contributed by atoms with Gasteiger partial charge in [0.1, 0.15) is 11.3 Å². The summed E-state index contributed by atoms with van der Waals surface area (Å²) in [4.78, 5) is 16.0. The van der Waals surface area contributed by atoms with Crippen molar-refractivity contribution in [3.63, 3.8) is 0 Å². The molecule has 0 saturated carbocycles. The second kappa shape index (κ2) is 5.85. The van der Waals surface area contributed by atoms with Crippen LogP contribution in [0.3, 0.4) is 0 Å². The zero-order chi connectivity index (χ0) is 15.6. The molecule has 0 saturated heterocycles. The molecule has 0 radical (unpaired) electrons. The third kappa shape index (κ3) is 2.78. The molecule has 0 aliphatic heterocycles. The van der Waals surface area contributed by atoms with Crippen molar-refractivity contribution in [2.45, 2.75) is 45.6 Å². The van der Waals surface area contributed by atoms with Crippen LogP contribution in [-0.2, 0) is 12.0 Å². The lowest BCUT2D eigenvalue weighted by atomic mass is 9.99. The Labute approximate surface area is 124 Å². The van der Waals surface area contributed by atoms with E-state index in [9.17, 15) is 15.0 Å². The number of nitrogens with zero attached hydrogens (tertiary/aromatic N) is 2. The first kappa shape index (κ1) is 15.5. The van der Waals surface area contributed by atoms with Crippen LogP contribution in [0.1, 0.15) is 49.8 Å². The molecule has 1 aromatic carbocycles. The molecule has 2 rings (SSSR count). The number of rotatable bonds is 6. The molecule has 1 aromatic heterocycles. The fourth-order valence-electron chi connectivity index (χ4n) is 2.77. The number of hydrogen-bond donors (Lipinski definition) is 2. The van der Waals surface area contributed by atoms with Crippen LogP contribution in [0.25, 0.3) is 11.0 Å². The summed E-state index contributed by atoms with van der Waals surface area (Å²) in [5.74, 6) is -0.0899. The summed E-state index contributed by atoms with van der Waals surface area (Å²) >= 11 is 0. The molecular weight excluding hydrogens is 268 g/mol. The SMILES string of the molecule is CCCc1nc2c(C(=O)O)cccc2n1C(C)(C)CCO. The second-order valence-electron chi connectivity index (χ2n) is 5.88. The van der Waals surface area contributed by atoms with E-state index < -0.39 is 5.97 Å². The van der Waals surface area contributed by atoms with E-state index in [0.29, 0.717) is 11.9 Å².